The summed E-state index contributed by atoms with van der Waals surface area (Å²) in [4.78, 5) is 11.5. The molecule has 2 aromatic rings. The molecule has 0 spiro atoms. The summed E-state index contributed by atoms with van der Waals surface area (Å²) in [6, 6.07) is 16.6. The number of hydrogen-bond acceptors (Lipinski definition) is 1. The maximum absolute atomic E-state index is 11.5. The first-order valence-electron chi connectivity index (χ1n) is 5.49. The van der Waals surface area contributed by atoms with Gasteiger partial charge in [-0.1, -0.05) is 54.1 Å². The maximum atomic E-state index is 11.5. The van der Waals surface area contributed by atoms with Gasteiger partial charge in [-0.3, -0.25) is 4.79 Å². The third kappa shape index (κ3) is 2.99. The number of benzene rings is 2. The minimum Gasteiger partial charge on any atom is -0.366 e. The monoisotopic (exact) mass is 257 g/mol. The highest BCUT2D eigenvalue weighted by Gasteiger charge is 2.08. The minimum absolute atomic E-state index is 0.457. The average molecular weight is 258 g/mol. The van der Waals surface area contributed by atoms with E-state index >= 15 is 0 Å². The Morgan fingerprint density at radius 1 is 1.00 bits per heavy atom. The first-order valence-corrected chi connectivity index (χ1v) is 5.87. The predicted molar refractivity (Wildman–Crippen MR) is 75.0 cm³/mol. The Labute approximate surface area is 111 Å². The van der Waals surface area contributed by atoms with Crippen LogP contribution in [0.4, 0.5) is 0 Å². The second kappa shape index (κ2) is 5.52. The van der Waals surface area contributed by atoms with Crippen molar-refractivity contribution in [2.45, 2.75) is 0 Å². The van der Waals surface area contributed by atoms with Crippen LogP contribution in [0.25, 0.3) is 11.6 Å². The van der Waals surface area contributed by atoms with Crippen LogP contribution in [0.2, 0.25) is 5.02 Å². The van der Waals surface area contributed by atoms with E-state index < -0.39 is 5.91 Å². The molecule has 0 saturated heterocycles. The van der Waals surface area contributed by atoms with Crippen LogP contribution < -0.4 is 5.73 Å². The lowest BCUT2D eigenvalue weighted by Crippen LogP contribution is -2.12. The molecule has 1 amide bonds. The fraction of sp³-hybridized carbons (Fsp3) is 0. The second-order valence-electron chi connectivity index (χ2n) is 3.84. The molecule has 2 N–H and O–H groups in total. The van der Waals surface area contributed by atoms with Crippen molar-refractivity contribution in [3.8, 4) is 0 Å². The van der Waals surface area contributed by atoms with Crippen LogP contribution in [0.1, 0.15) is 11.1 Å². The maximum Gasteiger partial charge on any atom is 0.249 e. The summed E-state index contributed by atoms with van der Waals surface area (Å²) in [5, 5.41) is 0.627. The number of carbonyl (C=O) groups is 1. The van der Waals surface area contributed by atoms with E-state index in [1.807, 2.05) is 30.3 Å². The van der Waals surface area contributed by atoms with E-state index in [0.29, 0.717) is 10.6 Å². The Morgan fingerprint density at radius 2 is 1.61 bits per heavy atom. The van der Waals surface area contributed by atoms with Gasteiger partial charge in [0.2, 0.25) is 5.91 Å². The summed E-state index contributed by atoms with van der Waals surface area (Å²) in [7, 11) is 0. The number of rotatable bonds is 3. The molecule has 0 aromatic heterocycles. The fourth-order valence-corrected chi connectivity index (χ4v) is 1.77. The van der Waals surface area contributed by atoms with Gasteiger partial charge in [0, 0.05) is 10.6 Å². The zero-order valence-electron chi connectivity index (χ0n) is 9.64. The number of nitrogens with two attached hydrogens (primary N) is 1. The van der Waals surface area contributed by atoms with E-state index in [2.05, 4.69) is 0 Å². The summed E-state index contributed by atoms with van der Waals surface area (Å²) in [6.45, 7) is 0. The van der Waals surface area contributed by atoms with Crippen LogP contribution in [-0.2, 0) is 4.79 Å². The molecule has 90 valence electrons. The molecule has 2 rings (SSSR count). The van der Waals surface area contributed by atoms with Crippen LogP contribution in [-0.4, -0.2) is 5.91 Å². The molecule has 0 heterocycles. The Balaban J connectivity index is 2.44. The predicted octanol–water partition coefficient (Wildman–Crippen LogP) is 3.37. The molecular weight excluding hydrogens is 246 g/mol. The lowest BCUT2D eigenvalue weighted by Gasteiger charge is -2.04. The molecule has 18 heavy (non-hydrogen) atoms. The van der Waals surface area contributed by atoms with Gasteiger partial charge in [0.15, 0.2) is 0 Å². The zero-order chi connectivity index (χ0) is 13.0. The number of hydrogen-bond donors (Lipinski definition) is 1. The SMILES string of the molecule is NC(=O)/C(=C\c1ccccc1)c1ccc(Cl)cc1. The summed E-state index contributed by atoms with van der Waals surface area (Å²) < 4.78 is 0. The molecule has 0 unspecified atom stereocenters. The van der Waals surface area contributed by atoms with E-state index in [1.54, 1.807) is 30.3 Å². The number of primary amides is 1. The third-order valence-corrected chi connectivity index (χ3v) is 2.78. The molecular formula is C15H12ClNO. The highest BCUT2D eigenvalue weighted by molar-refractivity contribution is 6.30. The molecule has 2 aromatic carbocycles. The third-order valence-electron chi connectivity index (χ3n) is 2.53. The second-order valence-corrected chi connectivity index (χ2v) is 4.28. The van der Waals surface area contributed by atoms with Gasteiger partial charge in [0.1, 0.15) is 0 Å². The standard InChI is InChI=1S/C15H12ClNO/c16-13-8-6-12(7-9-13)14(15(17)18)10-11-4-2-1-3-5-11/h1-10H,(H2,17,18)/b14-10-. The molecule has 0 bridgehead atoms. The van der Waals surface area contributed by atoms with Crippen molar-refractivity contribution in [2.24, 2.45) is 5.73 Å². The smallest absolute Gasteiger partial charge is 0.249 e. The van der Waals surface area contributed by atoms with Crippen molar-refractivity contribution in [1.82, 2.24) is 0 Å². The first kappa shape index (κ1) is 12.4. The van der Waals surface area contributed by atoms with Gasteiger partial charge in [0.25, 0.3) is 0 Å². The molecule has 0 radical (unpaired) electrons. The van der Waals surface area contributed by atoms with E-state index in [-0.39, 0.29) is 0 Å². The van der Waals surface area contributed by atoms with E-state index in [1.165, 1.54) is 0 Å². The fourth-order valence-electron chi connectivity index (χ4n) is 1.64. The molecule has 0 aliphatic carbocycles. The van der Waals surface area contributed by atoms with Crippen molar-refractivity contribution in [3.05, 3.63) is 70.7 Å². The lowest BCUT2D eigenvalue weighted by atomic mass is 10.0. The number of halogens is 1. The van der Waals surface area contributed by atoms with Crippen molar-refractivity contribution < 1.29 is 4.79 Å². The molecule has 2 nitrogen and oxygen atoms in total. The highest BCUT2D eigenvalue weighted by Crippen LogP contribution is 2.20. The molecule has 0 saturated carbocycles. The number of carbonyl (C=O) groups excluding carboxylic acids is 1. The van der Waals surface area contributed by atoms with Crippen molar-refractivity contribution >= 4 is 29.2 Å². The summed E-state index contributed by atoms with van der Waals surface area (Å²) >= 11 is 5.82. The normalized spacial score (nSPS) is 11.3. The van der Waals surface area contributed by atoms with Crippen molar-refractivity contribution in [1.29, 1.82) is 0 Å². The summed E-state index contributed by atoms with van der Waals surface area (Å²) in [5.41, 5.74) is 7.58. The molecule has 3 heteroatoms. The molecule has 0 aliphatic rings. The Morgan fingerprint density at radius 3 is 2.17 bits per heavy atom. The molecule has 0 atom stereocenters. The lowest BCUT2D eigenvalue weighted by molar-refractivity contribution is -0.112. The van der Waals surface area contributed by atoms with E-state index in [0.717, 1.165) is 11.1 Å². The van der Waals surface area contributed by atoms with Crippen LogP contribution in [0.3, 0.4) is 0 Å². The van der Waals surface area contributed by atoms with Gasteiger partial charge in [-0.25, -0.2) is 0 Å². The van der Waals surface area contributed by atoms with E-state index in [4.69, 9.17) is 17.3 Å². The van der Waals surface area contributed by atoms with Crippen molar-refractivity contribution in [3.63, 3.8) is 0 Å². The van der Waals surface area contributed by atoms with Gasteiger partial charge in [0.05, 0.1) is 0 Å². The summed E-state index contributed by atoms with van der Waals surface area (Å²) in [6.07, 6.45) is 1.77. The van der Waals surface area contributed by atoms with Gasteiger partial charge in [-0.2, -0.15) is 0 Å². The van der Waals surface area contributed by atoms with Crippen LogP contribution in [0, 0.1) is 0 Å². The van der Waals surface area contributed by atoms with Crippen LogP contribution in [0.15, 0.2) is 54.6 Å². The first-order chi connectivity index (χ1) is 8.66. The minimum atomic E-state index is -0.457. The Hall–Kier alpha value is -2.06. The zero-order valence-corrected chi connectivity index (χ0v) is 10.4. The topological polar surface area (TPSA) is 43.1 Å². The highest BCUT2D eigenvalue weighted by atomic mass is 35.5. The van der Waals surface area contributed by atoms with Crippen LogP contribution in [0.5, 0.6) is 0 Å². The van der Waals surface area contributed by atoms with Gasteiger partial charge < -0.3 is 5.73 Å². The van der Waals surface area contributed by atoms with Crippen molar-refractivity contribution in [2.75, 3.05) is 0 Å². The molecule has 0 aliphatic heterocycles. The van der Waals surface area contributed by atoms with Crippen LogP contribution >= 0.6 is 11.6 Å². The van der Waals surface area contributed by atoms with Gasteiger partial charge >= 0.3 is 0 Å². The van der Waals surface area contributed by atoms with E-state index in [9.17, 15) is 4.79 Å². The number of amides is 1. The largest absolute Gasteiger partial charge is 0.366 e. The Kier molecular flexibility index (Phi) is 3.80. The quantitative estimate of drug-likeness (QED) is 0.665. The Bertz CT molecular complexity index is 573. The van der Waals surface area contributed by atoms with Gasteiger partial charge in [-0.15, -0.1) is 0 Å². The average Bonchev–Trinajstić information content (AvgIpc) is 2.38. The molecule has 0 fully saturated rings. The van der Waals surface area contributed by atoms with Gasteiger partial charge in [-0.05, 0) is 29.3 Å². The summed E-state index contributed by atoms with van der Waals surface area (Å²) in [5.74, 6) is -0.457.